The molecule has 3 aromatic rings. The lowest BCUT2D eigenvalue weighted by molar-refractivity contribution is -0.118. The highest BCUT2D eigenvalue weighted by Gasteiger charge is 2.61. The Morgan fingerprint density at radius 1 is 1.20 bits per heavy atom. The summed E-state index contributed by atoms with van der Waals surface area (Å²) in [6, 6.07) is 11.0. The van der Waals surface area contributed by atoms with E-state index in [1.165, 1.54) is 36.4 Å². The van der Waals surface area contributed by atoms with Gasteiger partial charge in [-0.3, -0.25) is 9.59 Å². The number of halogens is 4. The number of nitrogens with zero attached hydrogens (tertiary/aromatic N) is 1. The molecule has 216 valence electrons. The van der Waals surface area contributed by atoms with Gasteiger partial charge in [-0.15, -0.1) is 0 Å². The van der Waals surface area contributed by atoms with Gasteiger partial charge in [0.05, 0.1) is 17.1 Å². The Bertz CT molecular complexity index is 1570. The molecule has 0 spiro atoms. The van der Waals surface area contributed by atoms with E-state index in [0.29, 0.717) is 12.1 Å². The minimum absolute atomic E-state index is 0.0504. The van der Waals surface area contributed by atoms with Crippen LogP contribution in [0.15, 0.2) is 53.3 Å². The lowest BCUT2D eigenvalue weighted by Gasteiger charge is -2.38. The number of aryl methyl sites for hydroxylation is 1. The van der Waals surface area contributed by atoms with Crippen molar-refractivity contribution in [2.75, 3.05) is 11.9 Å². The van der Waals surface area contributed by atoms with Crippen molar-refractivity contribution >= 4 is 34.8 Å². The largest absolute Gasteiger partial charge is 0.396 e. The third-order valence-corrected chi connectivity index (χ3v) is 8.23. The van der Waals surface area contributed by atoms with Gasteiger partial charge >= 0.3 is 0 Å². The number of carbonyl (C=O) groups excluding carboxylic acids is 1. The van der Waals surface area contributed by atoms with E-state index in [-0.39, 0.29) is 39.9 Å². The highest BCUT2D eigenvalue weighted by atomic mass is 35.5. The fraction of sp³-hybridized carbons (Fsp3) is 0.367. The number of benzene rings is 2. The zero-order valence-electron chi connectivity index (χ0n) is 22.7. The standard InChI is InChI=1S/C30H30Cl2F2N4O3/c1-16-11-18(13-24(40)36-16)37-28(41)27-25(19-5-4-6-21(32)26(19)34)30(15-35,20-8-7-17(31)12-22(20)33)23(38-27)14-29(2,3)9-10-39/h4-8,11-13,23,25,27,38-39H,9-10,14H2,1-3H3,(H2,36,37,40,41)/t23-,25-,27+,30-/m0/s1. The number of aromatic nitrogens is 1. The molecular formula is C30H30Cl2F2N4O3. The smallest absolute Gasteiger partial charge is 0.250 e. The number of hydrogen-bond donors (Lipinski definition) is 4. The summed E-state index contributed by atoms with van der Waals surface area (Å²) in [6.07, 6.45) is 0.574. The van der Waals surface area contributed by atoms with Gasteiger partial charge in [-0.05, 0) is 55.0 Å². The molecule has 41 heavy (non-hydrogen) atoms. The SMILES string of the molecule is Cc1cc(NC(=O)[C@@H]2N[C@@H](CC(C)(C)CCO)[C@](C#N)(c3ccc(Cl)cc3F)[C@H]2c2cccc(Cl)c2F)cc(=O)[nH]1. The van der Waals surface area contributed by atoms with Gasteiger partial charge in [-0.1, -0.05) is 55.2 Å². The van der Waals surface area contributed by atoms with Crippen LogP contribution in [0, 0.1) is 35.3 Å². The first kappa shape index (κ1) is 30.7. The molecule has 1 fully saturated rings. The zero-order chi connectivity index (χ0) is 30.1. The molecule has 2 heterocycles. The predicted molar refractivity (Wildman–Crippen MR) is 154 cm³/mol. The van der Waals surface area contributed by atoms with Gasteiger partial charge in [0.25, 0.3) is 0 Å². The average Bonchev–Trinajstić information content (AvgIpc) is 3.18. The summed E-state index contributed by atoms with van der Waals surface area (Å²) in [6.45, 7) is 5.28. The first-order chi connectivity index (χ1) is 19.3. The summed E-state index contributed by atoms with van der Waals surface area (Å²) in [5.41, 5.74) is -2.23. The summed E-state index contributed by atoms with van der Waals surface area (Å²) in [5.74, 6) is -3.55. The Hall–Kier alpha value is -3.29. The van der Waals surface area contributed by atoms with Crippen LogP contribution < -0.4 is 16.2 Å². The maximum absolute atomic E-state index is 15.8. The van der Waals surface area contributed by atoms with Crippen molar-refractivity contribution < 1.29 is 18.7 Å². The van der Waals surface area contributed by atoms with E-state index in [4.69, 9.17) is 23.2 Å². The predicted octanol–water partition coefficient (Wildman–Crippen LogP) is 5.59. The Morgan fingerprint density at radius 3 is 2.56 bits per heavy atom. The number of carbonyl (C=O) groups is 1. The van der Waals surface area contributed by atoms with Crippen LogP contribution in [-0.4, -0.2) is 34.7 Å². The van der Waals surface area contributed by atoms with Crippen molar-refractivity contribution in [3.63, 3.8) is 0 Å². The molecule has 7 nitrogen and oxygen atoms in total. The number of nitriles is 1. The number of H-pyrrole nitrogens is 1. The minimum Gasteiger partial charge on any atom is -0.396 e. The average molecular weight is 603 g/mol. The molecule has 4 N–H and O–H groups in total. The van der Waals surface area contributed by atoms with Crippen LogP contribution in [0.2, 0.25) is 10.0 Å². The number of nitrogens with one attached hydrogen (secondary N) is 3. The summed E-state index contributed by atoms with van der Waals surface area (Å²) >= 11 is 12.2. The molecule has 4 atom stereocenters. The third-order valence-electron chi connectivity index (χ3n) is 7.71. The van der Waals surface area contributed by atoms with E-state index >= 15 is 8.78 Å². The molecule has 0 aliphatic carbocycles. The van der Waals surface area contributed by atoms with Gasteiger partial charge in [0.2, 0.25) is 11.5 Å². The monoisotopic (exact) mass is 602 g/mol. The molecule has 0 radical (unpaired) electrons. The van der Waals surface area contributed by atoms with E-state index in [2.05, 4.69) is 21.7 Å². The summed E-state index contributed by atoms with van der Waals surface area (Å²) in [4.78, 5) is 28.6. The van der Waals surface area contributed by atoms with Crippen LogP contribution in [0.3, 0.4) is 0 Å². The molecule has 1 amide bonds. The van der Waals surface area contributed by atoms with Crippen molar-refractivity contribution in [1.82, 2.24) is 10.3 Å². The molecule has 0 bridgehead atoms. The van der Waals surface area contributed by atoms with Crippen LogP contribution in [0.1, 0.15) is 49.4 Å². The Kier molecular flexibility index (Phi) is 8.90. The Labute approximate surface area is 246 Å². The number of aliphatic hydroxyl groups is 1. The van der Waals surface area contributed by atoms with Crippen LogP contribution in [0.5, 0.6) is 0 Å². The summed E-state index contributed by atoms with van der Waals surface area (Å²) < 4.78 is 31.5. The third kappa shape index (κ3) is 6.02. The molecule has 0 saturated carbocycles. The van der Waals surface area contributed by atoms with Gasteiger partial charge < -0.3 is 20.7 Å². The summed E-state index contributed by atoms with van der Waals surface area (Å²) in [7, 11) is 0. The maximum atomic E-state index is 15.8. The molecule has 0 unspecified atom stereocenters. The number of aliphatic hydroxyl groups excluding tert-OH is 1. The van der Waals surface area contributed by atoms with Crippen LogP contribution in [-0.2, 0) is 10.2 Å². The Morgan fingerprint density at radius 2 is 1.93 bits per heavy atom. The summed E-state index contributed by atoms with van der Waals surface area (Å²) in [5, 5.41) is 26.4. The Balaban J connectivity index is 1.97. The van der Waals surface area contributed by atoms with Gasteiger partial charge in [0.15, 0.2) is 0 Å². The van der Waals surface area contributed by atoms with Gasteiger partial charge in [0.1, 0.15) is 17.0 Å². The van der Waals surface area contributed by atoms with Crippen molar-refractivity contribution in [2.45, 2.75) is 57.0 Å². The molecule has 4 rings (SSSR count). The van der Waals surface area contributed by atoms with Crippen molar-refractivity contribution in [1.29, 1.82) is 5.26 Å². The molecule has 1 aliphatic heterocycles. The second kappa shape index (κ2) is 11.9. The van der Waals surface area contributed by atoms with Gasteiger partial charge in [-0.25, -0.2) is 8.78 Å². The maximum Gasteiger partial charge on any atom is 0.250 e. The van der Waals surface area contributed by atoms with E-state index in [0.717, 1.165) is 6.07 Å². The first-order valence-corrected chi connectivity index (χ1v) is 13.8. The van der Waals surface area contributed by atoms with Crippen molar-refractivity contribution in [3.05, 3.63) is 97.4 Å². The van der Waals surface area contributed by atoms with Crippen LogP contribution in [0.25, 0.3) is 0 Å². The molecular weight excluding hydrogens is 573 g/mol. The normalized spacial score (nSPS) is 22.4. The van der Waals surface area contributed by atoms with Crippen LogP contribution in [0.4, 0.5) is 14.5 Å². The number of aromatic amines is 1. The van der Waals surface area contributed by atoms with Gasteiger partial charge in [-0.2, -0.15) is 5.26 Å². The van der Waals surface area contributed by atoms with Crippen molar-refractivity contribution in [3.8, 4) is 6.07 Å². The quantitative estimate of drug-likeness (QED) is 0.268. The second-order valence-corrected chi connectivity index (χ2v) is 12.0. The van der Waals surface area contributed by atoms with E-state index < -0.39 is 51.9 Å². The number of pyridine rings is 1. The number of amides is 1. The highest BCUT2D eigenvalue weighted by Crippen LogP contribution is 2.53. The van der Waals surface area contributed by atoms with E-state index in [1.807, 2.05) is 13.8 Å². The highest BCUT2D eigenvalue weighted by molar-refractivity contribution is 6.31. The second-order valence-electron chi connectivity index (χ2n) is 11.2. The number of hydrogen-bond acceptors (Lipinski definition) is 5. The lowest BCUT2D eigenvalue weighted by Crippen LogP contribution is -2.45. The molecule has 1 aromatic heterocycles. The molecule has 1 saturated heterocycles. The number of anilines is 1. The van der Waals surface area contributed by atoms with Crippen LogP contribution >= 0.6 is 23.2 Å². The topological polar surface area (TPSA) is 118 Å². The number of rotatable bonds is 8. The zero-order valence-corrected chi connectivity index (χ0v) is 24.2. The molecule has 1 aliphatic rings. The first-order valence-electron chi connectivity index (χ1n) is 13.0. The molecule has 2 aromatic carbocycles. The van der Waals surface area contributed by atoms with Gasteiger partial charge in [0, 0.05) is 46.6 Å². The fourth-order valence-electron chi connectivity index (χ4n) is 5.88. The fourth-order valence-corrected chi connectivity index (χ4v) is 6.22. The van der Waals surface area contributed by atoms with Crippen molar-refractivity contribution in [2.24, 2.45) is 5.41 Å². The van der Waals surface area contributed by atoms with E-state index in [9.17, 15) is 20.0 Å². The van der Waals surface area contributed by atoms with E-state index in [1.54, 1.807) is 13.0 Å². The molecule has 11 heteroatoms. The lowest BCUT2D eigenvalue weighted by atomic mass is 9.62. The minimum atomic E-state index is -1.82.